The third-order valence-corrected chi connectivity index (χ3v) is 4.90. The van der Waals surface area contributed by atoms with E-state index < -0.39 is 0 Å². The molecule has 26 heavy (non-hydrogen) atoms. The van der Waals surface area contributed by atoms with Gasteiger partial charge in [-0.25, -0.2) is 4.79 Å². The highest BCUT2D eigenvalue weighted by molar-refractivity contribution is 9.10. The zero-order valence-electron chi connectivity index (χ0n) is 13.6. The molecular weight excluding hydrogens is 466 g/mol. The molecule has 0 unspecified atom stereocenters. The smallest absolute Gasteiger partial charge is 0.319 e. The molecule has 0 bridgehead atoms. The summed E-state index contributed by atoms with van der Waals surface area (Å²) in [5.41, 5.74) is 1.50. The number of nitrogens with zero attached hydrogens (tertiary/aromatic N) is 1. The zero-order valence-corrected chi connectivity index (χ0v) is 16.8. The van der Waals surface area contributed by atoms with Crippen LogP contribution in [0.1, 0.15) is 27.1 Å². The fourth-order valence-corrected chi connectivity index (χ4v) is 3.24. The number of hydrogen-bond donors (Lipinski definition) is 2. The number of anilines is 1. The number of urea groups is 1. The zero-order chi connectivity index (χ0) is 18.7. The number of nitrogens with one attached hydrogen (secondary N) is 2. The van der Waals surface area contributed by atoms with Crippen LogP contribution < -0.4 is 10.6 Å². The van der Waals surface area contributed by atoms with E-state index >= 15 is 0 Å². The van der Waals surface area contributed by atoms with Crippen LogP contribution in [0.5, 0.6) is 0 Å². The van der Waals surface area contributed by atoms with Crippen LogP contribution in [0, 0.1) is 0 Å². The van der Waals surface area contributed by atoms with Crippen LogP contribution in [0.25, 0.3) is 0 Å². The van der Waals surface area contributed by atoms with Gasteiger partial charge in [-0.05, 0) is 48.9 Å². The van der Waals surface area contributed by atoms with Crippen molar-refractivity contribution in [1.82, 2.24) is 10.2 Å². The van der Waals surface area contributed by atoms with Crippen LogP contribution in [0.3, 0.4) is 0 Å². The molecule has 2 N–H and O–H groups in total. The summed E-state index contributed by atoms with van der Waals surface area (Å²) in [6.45, 7) is 0.599. The molecule has 2 aromatic carbocycles. The second-order valence-corrected chi connectivity index (χ2v) is 7.52. The van der Waals surface area contributed by atoms with Crippen LogP contribution in [-0.4, -0.2) is 35.8 Å². The summed E-state index contributed by atoms with van der Waals surface area (Å²) in [7, 11) is 0. The molecule has 0 aromatic heterocycles. The Morgan fingerprint density at radius 3 is 2.31 bits per heavy atom. The van der Waals surface area contributed by atoms with Gasteiger partial charge in [0.2, 0.25) is 0 Å². The number of hydrogen-bond acceptors (Lipinski definition) is 3. The summed E-state index contributed by atoms with van der Waals surface area (Å²) in [5, 5.41) is 5.42. The minimum absolute atomic E-state index is 0.253. The highest BCUT2D eigenvalue weighted by Crippen LogP contribution is 2.26. The molecular formula is C18H15Br2N3O3. The van der Waals surface area contributed by atoms with Crippen LogP contribution in [-0.2, 0) is 0 Å². The first-order chi connectivity index (χ1) is 12.5. The SMILES string of the molecule is O=C(NCCCN1C(=O)c2ccc(Br)cc2C1=O)Nc1ccc(Br)cc1. The lowest BCUT2D eigenvalue weighted by atomic mass is 10.1. The van der Waals surface area contributed by atoms with Gasteiger partial charge < -0.3 is 10.6 Å². The molecule has 6 nitrogen and oxygen atoms in total. The summed E-state index contributed by atoms with van der Waals surface area (Å²) in [6, 6.07) is 11.9. The lowest BCUT2D eigenvalue weighted by molar-refractivity contribution is 0.0653. The fraction of sp³-hybridized carbons (Fsp3) is 0.167. The van der Waals surface area contributed by atoms with Gasteiger partial charge in [-0.2, -0.15) is 0 Å². The van der Waals surface area contributed by atoms with Crippen LogP contribution in [0.2, 0.25) is 0 Å². The number of amides is 4. The van der Waals surface area contributed by atoms with Crippen molar-refractivity contribution in [3.63, 3.8) is 0 Å². The Bertz CT molecular complexity index is 868. The Balaban J connectivity index is 1.47. The summed E-state index contributed by atoms with van der Waals surface area (Å²) in [4.78, 5) is 37.7. The topological polar surface area (TPSA) is 78.5 Å². The number of imide groups is 1. The highest BCUT2D eigenvalue weighted by Gasteiger charge is 2.34. The molecule has 0 radical (unpaired) electrons. The molecule has 3 rings (SSSR count). The largest absolute Gasteiger partial charge is 0.338 e. The van der Waals surface area contributed by atoms with E-state index in [1.165, 1.54) is 4.90 Å². The average molecular weight is 481 g/mol. The lowest BCUT2D eigenvalue weighted by Crippen LogP contribution is -2.35. The Morgan fingerprint density at radius 1 is 0.923 bits per heavy atom. The quantitative estimate of drug-likeness (QED) is 0.501. The van der Waals surface area contributed by atoms with Crippen molar-refractivity contribution in [2.24, 2.45) is 0 Å². The average Bonchev–Trinajstić information content (AvgIpc) is 2.84. The molecule has 1 aliphatic heterocycles. The number of fused-ring (bicyclic) bond motifs is 1. The number of carbonyl (C=O) groups is 3. The van der Waals surface area contributed by atoms with E-state index in [-0.39, 0.29) is 24.4 Å². The molecule has 0 saturated carbocycles. The first-order valence-electron chi connectivity index (χ1n) is 7.92. The van der Waals surface area contributed by atoms with Crippen molar-refractivity contribution in [3.8, 4) is 0 Å². The van der Waals surface area contributed by atoms with E-state index in [4.69, 9.17) is 0 Å². The van der Waals surface area contributed by atoms with Crippen LogP contribution >= 0.6 is 31.9 Å². The van der Waals surface area contributed by atoms with E-state index in [2.05, 4.69) is 42.5 Å². The molecule has 1 aliphatic rings. The molecule has 2 aromatic rings. The molecule has 8 heteroatoms. The van der Waals surface area contributed by atoms with E-state index in [0.29, 0.717) is 29.8 Å². The van der Waals surface area contributed by atoms with E-state index in [9.17, 15) is 14.4 Å². The maximum absolute atomic E-state index is 12.3. The van der Waals surface area contributed by atoms with Crippen molar-refractivity contribution in [3.05, 3.63) is 62.5 Å². The first-order valence-corrected chi connectivity index (χ1v) is 9.50. The molecule has 0 saturated heterocycles. The highest BCUT2D eigenvalue weighted by atomic mass is 79.9. The van der Waals surface area contributed by atoms with E-state index in [0.717, 1.165) is 8.95 Å². The Morgan fingerprint density at radius 2 is 1.58 bits per heavy atom. The van der Waals surface area contributed by atoms with Gasteiger partial charge in [-0.1, -0.05) is 31.9 Å². The fourth-order valence-electron chi connectivity index (χ4n) is 2.61. The predicted octanol–water partition coefficient (Wildman–Crippen LogP) is 4.02. The second-order valence-electron chi connectivity index (χ2n) is 5.69. The lowest BCUT2D eigenvalue weighted by Gasteiger charge is -2.14. The molecule has 134 valence electrons. The summed E-state index contributed by atoms with van der Waals surface area (Å²) in [5.74, 6) is -0.595. The van der Waals surface area contributed by atoms with Crippen molar-refractivity contribution in [2.75, 3.05) is 18.4 Å². The molecule has 0 aliphatic carbocycles. The van der Waals surface area contributed by atoms with Crippen molar-refractivity contribution in [1.29, 1.82) is 0 Å². The number of carbonyl (C=O) groups excluding carboxylic acids is 3. The summed E-state index contributed by atoms with van der Waals surface area (Å²) >= 11 is 6.63. The maximum atomic E-state index is 12.3. The van der Waals surface area contributed by atoms with Gasteiger partial charge >= 0.3 is 6.03 Å². The second kappa shape index (κ2) is 8.01. The van der Waals surface area contributed by atoms with Crippen molar-refractivity contribution >= 4 is 55.4 Å². The third-order valence-electron chi connectivity index (χ3n) is 3.88. The summed E-state index contributed by atoms with van der Waals surface area (Å²) in [6.07, 6.45) is 0.473. The molecule has 0 fully saturated rings. The van der Waals surface area contributed by atoms with Gasteiger partial charge in [-0.3, -0.25) is 14.5 Å². The minimum Gasteiger partial charge on any atom is -0.338 e. The predicted molar refractivity (Wildman–Crippen MR) is 105 cm³/mol. The maximum Gasteiger partial charge on any atom is 0.319 e. The van der Waals surface area contributed by atoms with Gasteiger partial charge in [0.15, 0.2) is 0 Å². The van der Waals surface area contributed by atoms with Crippen molar-refractivity contribution < 1.29 is 14.4 Å². The third kappa shape index (κ3) is 4.13. The van der Waals surface area contributed by atoms with Gasteiger partial charge in [0.1, 0.15) is 0 Å². The normalized spacial score (nSPS) is 12.9. The van der Waals surface area contributed by atoms with Crippen LogP contribution in [0.15, 0.2) is 51.4 Å². The van der Waals surface area contributed by atoms with Crippen molar-refractivity contribution in [2.45, 2.75) is 6.42 Å². The van der Waals surface area contributed by atoms with Gasteiger partial charge in [-0.15, -0.1) is 0 Å². The minimum atomic E-state index is -0.335. The number of rotatable bonds is 5. The van der Waals surface area contributed by atoms with Gasteiger partial charge in [0, 0.05) is 27.7 Å². The van der Waals surface area contributed by atoms with Gasteiger partial charge in [0.25, 0.3) is 11.8 Å². The monoisotopic (exact) mass is 479 g/mol. The molecule has 0 atom stereocenters. The Labute approximate surface area is 167 Å². The van der Waals surface area contributed by atoms with Crippen LogP contribution in [0.4, 0.5) is 10.5 Å². The Hall–Kier alpha value is -2.19. The molecule has 0 spiro atoms. The molecule has 4 amide bonds. The van der Waals surface area contributed by atoms with E-state index in [1.54, 1.807) is 30.3 Å². The Kier molecular flexibility index (Phi) is 5.73. The van der Waals surface area contributed by atoms with Gasteiger partial charge in [0.05, 0.1) is 11.1 Å². The molecule has 1 heterocycles. The number of halogens is 2. The first kappa shape index (κ1) is 18.6. The summed E-state index contributed by atoms with van der Waals surface area (Å²) < 4.78 is 1.68. The number of benzene rings is 2. The van der Waals surface area contributed by atoms with E-state index in [1.807, 2.05) is 12.1 Å². The standard InChI is InChI=1S/C18H15Br2N3O3/c19-11-2-5-13(6-3-11)22-18(26)21-8-1-9-23-16(24)14-7-4-12(20)10-15(14)17(23)25/h2-7,10H,1,8-9H2,(H2,21,22,26).